The molecular formula is C14H21N3O2. The predicted octanol–water partition coefficient (Wildman–Crippen LogP) is 0.917. The van der Waals surface area contributed by atoms with Crippen molar-refractivity contribution in [1.29, 1.82) is 0 Å². The third-order valence-electron chi connectivity index (χ3n) is 3.63. The second-order valence-electron chi connectivity index (χ2n) is 4.94. The maximum atomic E-state index is 12.4. The van der Waals surface area contributed by atoms with Gasteiger partial charge in [0.2, 0.25) is 0 Å². The molecule has 104 valence electrons. The Bertz CT molecular complexity index is 419. The number of hydrogen-bond donors (Lipinski definition) is 2. The fourth-order valence-corrected chi connectivity index (χ4v) is 2.45. The Morgan fingerprint density at radius 3 is 2.89 bits per heavy atom. The van der Waals surface area contributed by atoms with Crippen LogP contribution >= 0.6 is 0 Å². The molecule has 0 aliphatic carbocycles. The minimum atomic E-state index is -0.0930. The molecule has 1 unspecified atom stereocenters. The number of amides is 1. The summed E-state index contributed by atoms with van der Waals surface area (Å²) in [5.74, 6) is -0.0930. The van der Waals surface area contributed by atoms with E-state index >= 15 is 0 Å². The van der Waals surface area contributed by atoms with E-state index in [2.05, 4.69) is 4.98 Å². The maximum absolute atomic E-state index is 12.4. The minimum Gasteiger partial charge on any atom is -0.394 e. The maximum Gasteiger partial charge on any atom is 0.272 e. The summed E-state index contributed by atoms with van der Waals surface area (Å²) in [6, 6.07) is 3.46. The molecular weight excluding hydrogens is 242 g/mol. The fourth-order valence-electron chi connectivity index (χ4n) is 2.45. The van der Waals surface area contributed by atoms with E-state index in [4.69, 9.17) is 5.73 Å². The molecule has 0 bridgehead atoms. The average Bonchev–Trinajstić information content (AvgIpc) is 2.71. The van der Waals surface area contributed by atoms with Gasteiger partial charge in [-0.25, -0.2) is 0 Å². The number of carbonyl (C=O) groups excluding carboxylic acids is 1. The SMILES string of the molecule is NCc1ccc(C(=O)N2CCCCCC2CO)nc1. The van der Waals surface area contributed by atoms with Gasteiger partial charge < -0.3 is 15.7 Å². The second kappa shape index (κ2) is 6.63. The lowest BCUT2D eigenvalue weighted by Gasteiger charge is -2.28. The van der Waals surface area contributed by atoms with Crippen molar-refractivity contribution in [3.05, 3.63) is 29.6 Å². The van der Waals surface area contributed by atoms with E-state index in [0.29, 0.717) is 18.8 Å². The van der Waals surface area contributed by atoms with Crippen molar-refractivity contribution < 1.29 is 9.90 Å². The Morgan fingerprint density at radius 1 is 1.42 bits per heavy atom. The lowest BCUT2D eigenvalue weighted by Crippen LogP contribution is -2.42. The number of hydrogen-bond acceptors (Lipinski definition) is 4. The zero-order valence-corrected chi connectivity index (χ0v) is 11.1. The van der Waals surface area contributed by atoms with Crippen molar-refractivity contribution in [2.75, 3.05) is 13.2 Å². The first-order valence-electron chi connectivity index (χ1n) is 6.83. The normalized spacial score (nSPS) is 20.1. The van der Waals surface area contributed by atoms with Gasteiger partial charge in [-0.1, -0.05) is 18.9 Å². The van der Waals surface area contributed by atoms with Crippen LogP contribution in [0.1, 0.15) is 41.7 Å². The number of pyridine rings is 1. The second-order valence-corrected chi connectivity index (χ2v) is 4.94. The Labute approximate surface area is 113 Å². The molecule has 2 heterocycles. The number of aromatic nitrogens is 1. The minimum absolute atomic E-state index is 0.0205. The number of carbonyl (C=O) groups is 1. The molecule has 1 fully saturated rings. The van der Waals surface area contributed by atoms with Gasteiger partial charge in [-0.15, -0.1) is 0 Å². The van der Waals surface area contributed by atoms with Crippen LogP contribution in [-0.2, 0) is 6.54 Å². The van der Waals surface area contributed by atoms with Crippen molar-refractivity contribution in [3.8, 4) is 0 Å². The van der Waals surface area contributed by atoms with Crippen LogP contribution in [0.4, 0.5) is 0 Å². The Kier molecular flexibility index (Phi) is 4.87. The summed E-state index contributed by atoms with van der Waals surface area (Å²) in [6.45, 7) is 1.14. The molecule has 5 heteroatoms. The lowest BCUT2D eigenvalue weighted by molar-refractivity contribution is 0.0594. The highest BCUT2D eigenvalue weighted by Crippen LogP contribution is 2.18. The van der Waals surface area contributed by atoms with Crippen LogP contribution in [0.3, 0.4) is 0 Å². The Balaban J connectivity index is 2.15. The molecule has 1 saturated heterocycles. The fraction of sp³-hybridized carbons (Fsp3) is 0.571. The lowest BCUT2D eigenvalue weighted by atomic mass is 10.1. The number of nitrogens with zero attached hydrogens (tertiary/aromatic N) is 2. The summed E-state index contributed by atoms with van der Waals surface area (Å²) < 4.78 is 0. The van der Waals surface area contributed by atoms with E-state index in [1.807, 2.05) is 6.07 Å². The van der Waals surface area contributed by atoms with Crippen molar-refractivity contribution in [1.82, 2.24) is 9.88 Å². The number of aliphatic hydroxyl groups is 1. The summed E-state index contributed by atoms with van der Waals surface area (Å²) in [6.07, 6.45) is 5.67. The van der Waals surface area contributed by atoms with Gasteiger partial charge in [0, 0.05) is 19.3 Å². The van der Waals surface area contributed by atoms with Crippen molar-refractivity contribution in [2.24, 2.45) is 5.73 Å². The summed E-state index contributed by atoms with van der Waals surface area (Å²) in [7, 11) is 0. The van der Waals surface area contributed by atoms with E-state index in [9.17, 15) is 9.90 Å². The van der Waals surface area contributed by atoms with Gasteiger partial charge in [-0.2, -0.15) is 0 Å². The van der Waals surface area contributed by atoms with E-state index in [-0.39, 0.29) is 18.6 Å². The predicted molar refractivity (Wildman–Crippen MR) is 72.5 cm³/mol. The van der Waals surface area contributed by atoms with Gasteiger partial charge in [0.15, 0.2) is 0 Å². The number of nitrogens with two attached hydrogens (primary N) is 1. The third kappa shape index (κ3) is 3.30. The molecule has 0 spiro atoms. The van der Waals surface area contributed by atoms with Crippen LogP contribution in [0.25, 0.3) is 0 Å². The van der Waals surface area contributed by atoms with Crippen LogP contribution in [0.5, 0.6) is 0 Å². The van der Waals surface area contributed by atoms with Gasteiger partial charge >= 0.3 is 0 Å². The van der Waals surface area contributed by atoms with Gasteiger partial charge in [0.05, 0.1) is 12.6 Å². The van der Waals surface area contributed by atoms with Crippen LogP contribution in [0.2, 0.25) is 0 Å². The molecule has 3 N–H and O–H groups in total. The highest BCUT2D eigenvalue weighted by Gasteiger charge is 2.26. The Hall–Kier alpha value is -1.46. The highest BCUT2D eigenvalue weighted by atomic mass is 16.3. The summed E-state index contributed by atoms with van der Waals surface area (Å²) >= 11 is 0. The zero-order chi connectivity index (χ0) is 13.7. The summed E-state index contributed by atoms with van der Waals surface area (Å²) in [5, 5.41) is 9.43. The molecule has 0 radical (unpaired) electrons. The smallest absolute Gasteiger partial charge is 0.272 e. The molecule has 1 aliphatic heterocycles. The van der Waals surface area contributed by atoms with Crippen LogP contribution in [0, 0.1) is 0 Å². The number of likely N-dealkylation sites (tertiary alicyclic amines) is 1. The third-order valence-corrected chi connectivity index (χ3v) is 3.63. The van der Waals surface area contributed by atoms with E-state index in [0.717, 1.165) is 31.2 Å². The standard InChI is InChI=1S/C14H21N3O2/c15-8-11-5-6-13(16-9-11)14(19)17-7-3-1-2-4-12(17)10-18/h5-6,9,12,18H,1-4,7-8,10,15H2. The average molecular weight is 263 g/mol. The number of aliphatic hydroxyl groups excluding tert-OH is 1. The molecule has 1 atom stereocenters. The van der Waals surface area contributed by atoms with E-state index < -0.39 is 0 Å². The monoisotopic (exact) mass is 263 g/mol. The van der Waals surface area contributed by atoms with Crippen LogP contribution in [0.15, 0.2) is 18.3 Å². The molecule has 19 heavy (non-hydrogen) atoms. The summed E-state index contributed by atoms with van der Waals surface area (Å²) in [4.78, 5) is 18.4. The molecule has 1 aliphatic rings. The highest BCUT2D eigenvalue weighted by molar-refractivity contribution is 5.92. The molecule has 0 saturated carbocycles. The van der Waals surface area contributed by atoms with Crippen LogP contribution < -0.4 is 5.73 Å². The van der Waals surface area contributed by atoms with Gasteiger partial charge in [0.25, 0.3) is 5.91 Å². The Morgan fingerprint density at radius 2 is 2.26 bits per heavy atom. The van der Waals surface area contributed by atoms with Gasteiger partial charge in [-0.05, 0) is 24.5 Å². The molecule has 1 aromatic rings. The van der Waals surface area contributed by atoms with Crippen molar-refractivity contribution in [2.45, 2.75) is 38.3 Å². The molecule has 2 rings (SSSR count). The van der Waals surface area contributed by atoms with Crippen molar-refractivity contribution in [3.63, 3.8) is 0 Å². The summed E-state index contributed by atoms with van der Waals surface area (Å²) in [5.41, 5.74) is 6.85. The van der Waals surface area contributed by atoms with Crippen molar-refractivity contribution >= 4 is 5.91 Å². The first-order chi connectivity index (χ1) is 9.26. The van der Waals surface area contributed by atoms with E-state index in [1.54, 1.807) is 17.2 Å². The molecule has 1 amide bonds. The quantitative estimate of drug-likeness (QED) is 0.849. The molecule has 5 nitrogen and oxygen atoms in total. The number of rotatable bonds is 3. The largest absolute Gasteiger partial charge is 0.394 e. The van der Waals surface area contributed by atoms with Gasteiger partial charge in [-0.3, -0.25) is 9.78 Å². The van der Waals surface area contributed by atoms with Gasteiger partial charge in [0.1, 0.15) is 5.69 Å². The topological polar surface area (TPSA) is 79.5 Å². The first kappa shape index (κ1) is 14.0. The zero-order valence-electron chi connectivity index (χ0n) is 11.1. The van der Waals surface area contributed by atoms with E-state index in [1.165, 1.54) is 0 Å². The molecule has 0 aromatic carbocycles. The first-order valence-corrected chi connectivity index (χ1v) is 6.83. The van der Waals surface area contributed by atoms with Crippen LogP contribution in [-0.4, -0.2) is 40.1 Å². The molecule has 1 aromatic heterocycles.